The second kappa shape index (κ2) is 8.16. The molecule has 4 aromatic rings. The van der Waals surface area contributed by atoms with E-state index in [1.807, 2.05) is 48.7 Å². The Morgan fingerprint density at radius 1 is 1.23 bits per heavy atom. The molecule has 1 aliphatic rings. The number of carbonyl (C=O) groups excluding carboxylic acids is 2. The van der Waals surface area contributed by atoms with Crippen molar-refractivity contribution in [2.24, 2.45) is 0 Å². The summed E-state index contributed by atoms with van der Waals surface area (Å²) in [6.45, 7) is 2.18. The summed E-state index contributed by atoms with van der Waals surface area (Å²) < 4.78 is 11.7. The summed E-state index contributed by atoms with van der Waals surface area (Å²) in [5.74, 6) is 1.78. The highest BCUT2D eigenvalue weighted by Crippen LogP contribution is 2.28. The SMILES string of the molecule is Cc1oc(-c2cccs2)nc1COc1ccc2cc(CC3SC(=O)NC3=O)cnc2c1. The minimum atomic E-state index is -0.404. The molecule has 3 aromatic heterocycles. The molecule has 1 saturated heterocycles. The number of nitrogens with one attached hydrogen (secondary N) is 1. The maximum absolute atomic E-state index is 11.8. The first-order chi connectivity index (χ1) is 15.0. The number of imide groups is 1. The molecule has 1 unspecified atom stereocenters. The molecule has 1 aliphatic heterocycles. The average Bonchev–Trinajstić information content (AvgIpc) is 3.47. The molecule has 5 rings (SSSR count). The number of aromatic nitrogens is 2. The van der Waals surface area contributed by atoms with Crippen LogP contribution in [0.25, 0.3) is 21.7 Å². The van der Waals surface area contributed by atoms with Crippen LogP contribution in [0.15, 0.2) is 52.4 Å². The van der Waals surface area contributed by atoms with E-state index in [9.17, 15) is 9.59 Å². The summed E-state index contributed by atoms with van der Waals surface area (Å²) in [7, 11) is 0. The third kappa shape index (κ3) is 4.19. The predicted octanol–water partition coefficient (Wildman–Crippen LogP) is 4.73. The number of thioether (sulfide) groups is 1. The second-order valence-electron chi connectivity index (χ2n) is 7.07. The fraction of sp³-hybridized carbons (Fsp3) is 0.182. The molecule has 156 valence electrons. The number of ether oxygens (including phenoxy) is 1. The van der Waals surface area contributed by atoms with Gasteiger partial charge in [-0.2, -0.15) is 0 Å². The number of pyridine rings is 1. The van der Waals surface area contributed by atoms with Crippen LogP contribution in [0.3, 0.4) is 0 Å². The second-order valence-corrected chi connectivity index (χ2v) is 9.20. The van der Waals surface area contributed by atoms with Gasteiger partial charge in [0.05, 0.1) is 15.6 Å². The molecule has 1 fully saturated rings. The zero-order valence-corrected chi connectivity index (χ0v) is 18.1. The monoisotopic (exact) mass is 451 g/mol. The lowest BCUT2D eigenvalue weighted by Gasteiger charge is -2.08. The Labute approximate surface area is 185 Å². The van der Waals surface area contributed by atoms with Crippen LogP contribution in [0.5, 0.6) is 5.75 Å². The van der Waals surface area contributed by atoms with Gasteiger partial charge >= 0.3 is 0 Å². The van der Waals surface area contributed by atoms with Crippen molar-refractivity contribution in [1.29, 1.82) is 0 Å². The van der Waals surface area contributed by atoms with Gasteiger partial charge in [-0.15, -0.1) is 11.3 Å². The van der Waals surface area contributed by atoms with Crippen LogP contribution in [0, 0.1) is 6.92 Å². The van der Waals surface area contributed by atoms with Crippen LogP contribution in [0.1, 0.15) is 17.0 Å². The number of aryl methyl sites for hydroxylation is 1. The van der Waals surface area contributed by atoms with Gasteiger partial charge in [-0.3, -0.25) is 19.9 Å². The number of thiophene rings is 1. The molecular weight excluding hydrogens is 434 g/mol. The van der Waals surface area contributed by atoms with Crippen molar-refractivity contribution in [2.75, 3.05) is 0 Å². The van der Waals surface area contributed by atoms with Crippen LogP contribution >= 0.6 is 23.1 Å². The number of hydrogen-bond acceptors (Lipinski definition) is 8. The van der Waals surface area contributed by atoms with Gasteiger partial charge < -0.3 is 9.15 Å². The van der Waals surface area contributed by atoms with E-state index in [1.54, 1.807) is 17.5 Å². The van der Waals surface area contributed by atoms with E-state index in [4.69, 9.17) is 9.15 Å². The first-order valence-corrected chi connectivity index (χ1v) is 11.3. The van der Waals surface area contributed by atoms with Gasteiger partial charge in [0.15, 0.2) is 0 Å². The van der Waals surface area contributed by atoms with E-state index in [1.165, 1.54) is 0 Å². The van der Waals surface area contributed by atoms with Gasteiger partial charge in [-0.25, -0.2) is 4.98 Å². The number of benzene rings is 1. The zero-order valence-electron chi connectivity index (χ0n) is 16.5. The molecule has 0 saturated carbocycles. The summed E-state index contributed by atoms with van der Waals surface area (Å²) >= 11 is 2.60. The van der Waals surface area contributed by atoms with Gasteiger partial charge in [0, 0.05) is 17.6 Å². The number of oxazole rings is 1. The average molecular weight is 452 g/mol. The summed E-state index contributed by atoms with van der Waals surface area (Å²) in [5.41, 5.74) is 2.45. The van der Waals surface area contributed by atoms with E-state index in [0.717, 1.165) is 44.6 Å². The Bertz CT molecular complexity index is 1280. The van der Waals surface area contributed by atoms with Crippen LogP contribution < -0.4 is 10.1 Å². The summed E-state index contributed by atoms with van der Waals surface area (Å²) in [6.07, 6.45) is 2.19. The molecule has 0 radical (unpaired) electrons. The van der Waals surface area contributed by atoms with Crippen LogP contribution in [-0.2, 0) is 17.8 Å². The third-order valence-electron chi connectivity index (χ3n) is 4.90. The molecule has 4 heterocycles. The molecule has 0 bridgehead atoms. The molecule has 1 atom stereocenters. The maximum atomic E-state index is 11.8. The Balaban J connectivity index is 1.28. The Morgan fingerprint density at radius 2 is 2.13 bits per heavy atom. The van der Waals surface area contributed by atoms with E-state index in [0.29, 0.717) is 24.7 Å². The molecular formula is C22H17N3O4S2. The fourth-order valence-electron chi connectivity index (χ4n) is 3.31. The largest absolute Gasteiger partial charge is 0.487 e. The number of rotatable bonds is 6. The summed E-state index contributed by atoms with van der Waals surface area (Å²) in [6, 6.07) is 11.6. The molecule has 0 aliphatic carbocycles. The lowest BCUT2D eigenvalue weighted by Crippen LogP contribution is -2.25. The molecule has 1 N–H and O–H groups in total. The van der Waals surface area contributed by atoms with Crippen molar-refractivity contribution in [3.8, 4) is 16.5 Å². The van der Waals surface area contributed by atoms with Crippen molar-refractivity contribution < 1.29 is 18.7 Å². The standard InChI is InChI=1S/C22H17N3O4S2/c1-12-17(24-21(29-12)18-3-2-6-30-18)11-28-15-5-4-14-7-13(10-23-16(14)9-15)8-19-20(26)25-22(27)31-19/h2-7,9-10,19H,8,11H2,1H3,(H,25,26,27). The van der Waals surface area contributed by atoms with E-state index < -0.39 is 5.25 Å². The number of hydrogen-bond donors (Lipinski definition) is 1. The molecule has 31 heavy (non-hydrogen) atoms. The molecule has 2 amide bonds. The highest BCUT2D eigenvalue weighted by atomic mass is 32.2. The lowest BCUT2D eigenvalue weighted by atomic mass is 10.1. The zero-order chi connectivity index (χ0) is 21.4. The van der Waals surface area contributed by atoms with Crippen LogP contribution in [0.2, 0.25) is 0 Å². The van der Waals surface area contributed by atoms with Gasteiger partial charge in [0.1, 0.15) is 23.8 Å². The lowest BCUT2D eigenvalue weighted by molar-refractivity contribution is -0.118. The molecule has 0 spiro atoms. The van der Waals surface area contributed by atoms with Crippen molar-refractivity contribution in [1.82, 2.24) is 15.3 Å². The summed E-state index contributed by atoms with van der Waals surface area (Å²) in [5, 5.41) is 4.54. The van der Waals surface area contributed by atoms with Gasteiger partial charge in [0.2, 0.25) is 11.8 Å². The highest BCUT2D eigenvalue weighted by Gasteiger charge is 2.31. The Hall–Kier alpha value is -3.17. The minimum Gasteiger partial charge on any atom is -0.487 e. The van der Waals surface area contributed by atoms with Crippen molar-refractivity contribution >= 4 is 45.1 Å². The number of amides is 2. The van der Waals surface area contributed by atoms with Gasteiger partial charge in [-0.05, 0) is 48.6 Å². The quantitative estimate of drug-likeness (QED) is 0.453. The number of fused-ring (bicyclic) bond motifs is 1. The normalized spacial score (nSPS) is 16.1. The van der Waals surface area contributed by atoms with Crippen LogP contribution in [0.4, 0.5) is 4.79 Å². The molecule has 1 aromatic carbocycles. The Morgan fingerprint density at radius 3 is 2.90 bits per heavy atom. The highest BCUT2D eigenvalue weighted by molar-refractivity contribution is 8.15. The number of nitrogens with zero attached hydrogens (tertiary/aromatic N) is 2. The van der Waals surface area contributed by atoms with E-state index in [-0.39, 0.29) is 11.1 Å². The third-order valence-corrected chi connectivity index (χ3v) is 6.74. The van der Waals surface area contributed by atoms with E-state index in [2.05, 4.69) is 15.3 Å². The first kappa shape index (κ1) is 19.8. The minimum absolute atomic E-state index is 0.246. The van der Waals surface area contributed by atoms with Crippen LogP contribution in [-0.4, -0.2) is 26.4 Å². The van der Waals surface area contributed by atoms with Crippen molar-refractivity contribution in [2.45, 2.75) is 25.2 Å². The topological polar surface area (TPSA) is 94.3 Å². The maximum Gasteiger partial charge on any atom is 0.286 e. The fourth-order valence-corrected chi connectivity index (χ4v) is 4.82. The number of carbonyl (C=O) groups is 2. The van der Waals surface area contributed by atoms with E-state index >= 15 is 0 Å². The molecule has 9 heteroatoms. The van der Waals surface area contributed by atoms with Gasteiger partial charge in [-0.1, -0.05) is 17.8 Å². The predicted molar refractivity (Wildman–Crippen MR) is 119 cm³/mol. The first-order valence-electron chi connectivity index (χ1n) is 9.58. The van der Waals surface area contributed by atoms with Crippen molar-refractivity contribution in [3.05, 3.63) is 65.0 Å². The Kier molecular flexibility index (Phi) is 5.21. The van der Waals surface area contributed by atoms with Gasteiger partial charge in [0.25, 0.3) is 5.24 Å². The van der Waals surface area contributed by atoms with Crippen molar-refractivity contribution in [3.63, 3.8) is 0 Å². The molecule has 7 nitrogen and oxygen atoms in total. The summed E-state index contributed by atoms with van der Waals surface area (Å²) in [4.78, 5) is 33.1. The smallest absolute Gasteiger partial charge is 0.286 e.